The van der Waals surface area contributed by atoms with Gasteiger partial charge >= 0.3 is 18.3 Å². The Morgan fingerprint density at radius 3 is 2.12 bits per heavy atom. The van der Waals surface area contributed by atoms with E-state index in [1.807, 2.05) is 12.1 Å². The molecule has 1 heterocycles. The van der Waals surface area contributed by atoms with Crippen LogP contribution in [0, 0.1) is 0 Å². The van der Waals surface area contributed by atoms with E-state index in [1.165, 1.54) is 0 Å². The average molecular weight is 461 g/mol. The molecule has 1 aliphatic rings. The zero-order valence-electron chi connectivity index (χ0n) is 17.0. The second kappa shape index (κ2) is 9.50. The van der Waals surface area contributed by atoms with Crippen molar-refractivity contribution in [3.05, 3.63) is 70.8 Å². The van der Waals surface area contributed by atoms with Gasteiger partial charge in [-0.15, -0.1) is 0 Å². The Kier molecular flexibility index (Phi) is 7.14. The van der Waals surface area contributed by atoms with Gasteiger partial charge in [0.15, 0.2) is 6.10 Å². The maximum atomic E-state index is 13.3. The molecule has 4 nitrogen and oxygen atoms in total. The van der Waals surface area contributed by atoms with E-state index in [0.717, 1.165) is 12.7 Å². The van der Waals surface area contributed by atoms with Crippen LogP contribution in [-0.4, -0.2) is 25.7 Å². The fraction of sp³-hybridized carbons (Fsp3) is 0.409. The van der Waals surface area contributed by atoms with Crippen molar-refractivity contribution in [1.29, 1.82) is 0 Å². The van der Waals surface area contributed by atoms with Crippen LogP contribution in [0.25, 0.3) is 0 Å². The molecule has 0 spiro atoms. The lowest BCUT2D eigenvalue weighted by atomic mass is 9.93. The molecule has 2 aromatic rings. The minimum atomic E-state index is -5.05. The summed E-state index contributed by atoms with van der Waals surface area (Å²) in [6, 6.07) is 9.62. The summed E-state index contributed by atoms with van der Waals surface area (Å²) in [6.07, 6.45) is -11.4. The van der Waals surface area contributed by atoms with E-state index in [1.54, 1.807) is 18.2 Å². The van der Waals surface area contributed by atoms with E-state index in [2.05, 4.69) is 10.1 Å². The highest BCUT2D eigenvalue weighted by Gasteiger charge is 2.40. The van der Waals surface area contributed by atoms with Crippen LogP contribution in [0.5, 0.6) is 0 Å². The molecule has 0 amide bonds. The summed E-state index contributed by atoms with van der Waals surface area (Å²) in [4.78, 5) is 12.4. The molecule has 1 saturated heterocycles. The molecular weight excluding hydrogens is 440 g/mol. The average Bonchev–Trinajstić information content (AvgIpc) is 2.76. The molecule has 0 saturated carbocycles. The first kappa shape index (κ1) is 24.1. The quantitative estimate of drug-likeness (QED) is 0.475. The van der Waals surface area contributed by atoms with Crippen molar-refractivity contribution in [3.8, 4) is 0 Å². The van der Waals surface area contributed by atoms with Gasteiger partial charge in [0.2, 0.25) is 0 Å². The Morgan fingerprint density at radius 2 is 1.59 bits per heavy atom. The zero-order valence-corrected chi connectivity index (χ0v) is 17.0. The first-order valence-corrected chi connectivity index (χ1v) is 9.81. The van der Waals surface area contributed by atoms with Gasteiger partial charge in [0.1, 0.15) is 0 Å². The number of esters is 1. The summed E-state index contributed by atoms with van der Waals surface area (Å²) in [6.45, 7) is 0.643. The number of piperidine rings is 1. The van der Waals surface area contributed by atoms with E-state index in [9.17, 15) is 31.1 Å². The number of hydrogen-bond acceptors (Lipinski definition) is 4. The monoisotopic (exact) mass is 461 g/mol. The van der Waals surface area contributed by atoms with E-state index < -0.39 is 53.3 Å². The fourth-order valence-electron chi connectivity index (χ4n) is 3.68. The number of nitrogens with one attached hydrogen (secondary N) is 1. The van der Waals surface area contributed by atoms with Gasteiger partial charge in [-0.25, -0.2) is 4.79 Å². The minimum Gasteiger partial charge on any atom is -0.467 e. The van der Waals surface area contributed by atoms with Crippen molar-refractivity contribution < 1.29 is 40.6 Å². The van der Waals surface area contributed by atoms with Crippen LogP contribution < -0.4 is 5.32 Å². The molecule has 2 unspecified atom stereocenters. The normalized spacial score (nSPS) is 20.6. The first-order chi connectivity index (χ1) is 15.0. The summed E-state index contributed by atoms with van der Waals surface area (Å²) >= 11 is 0. The number of methoxy groups -OCH3 is 1. The van der Waals surface area contributed by atoms with Crippen molar-refractivity contribution in [2.75, 3.05) is 13.7 Å². The highest BCUT2D eigenvalue weighted by atomic mass is 19.4. The maximum Gasteiger partial charge on any atom is 0.416 e. The van der Waals surface area contributed by atoms with Gasteiger partial charge in [-0.2, -0.15) is 26.3 Å². The van der Waals surface area contributed by atoms with Gasteiger partial charge in [-0.05, 0) is 48.7 Å². The summed E-state index contributed by atoms with van der Waals surface area (Å²) in [7, 11) is 0.991. The third-order valence-corrected chi connectivity index (χ3v) is 5.20. The van der Waals surface area contributed by atoms with Gasteiger partial charge in [0, 0.05) is 0 Å². The number of halogens is 6. The van der Waals surface area contributed by atoms with Crippen LogP contribution in [0.4, 0.5) is 26.3 Å². The lowest BCUT2D eigenvalue weighted by Crippen LogP contribution is -2.41. The van der Waals surface area contributed by atoms with Crippen molar-refractivity contribution in [3.63, 3.8) is 0 Å². The number of rotatable bonds is 5. The molecule has 3 rings (SSSR count). The van der Waals surface area contributed by atoms with Crippen LogP contribution in [0.15, 0.2) is 48.5 Å². The second-order valence-electron chi connectivity index (χ2n) is 7.40. The lowest BCUT2D eigenvalue weighted by molar-refractivity contribution is -0.162. The van der Waals surface area contributed by atoms with Crippen molar-refractivity contribution in [2.45, 2.75) is 43.4 Å². The van der Waals surface area contributed by atoms with Gasteiger partial charge < -0.3 is 14.8 Å². The molecule has 3 atom stereocenters. The fourth-order valence-corrected chi connectivity index (χ4v) is 3.68. The molecule has 10 heteroatoms. The predicted octanol–water partition coefficient (Wildman–Crippen LogP) is 5.45. The summed E-state index contributed by atoms with van der Waals surface area (Å²) in [5.74, 6) is -1.09. The topological polar surface area (TPSA) is 47.6 Å². The van der Waals surface area contributed by atoms with E-state index in [4.69, 9.17) is 4.74 Å². The number of carbonyl (C=O) groups excluding carboxylic acids is 1. The van der Waals surface area contributed by atoms with Crippen LogP contribution in [0.1, 0.15) is 47.2 Å². The highest BCUT2D eigenvalue weighted by Crippen LogP contribution is 2.39. The summed E-state index contributed by atoms with van der Waals surface area (Å²) in [5.41, 5.74) is -2.81. The van der Waals surface area contributed by atoms with Gasteiger partial charge in [-0.3, -0.25) is 0 Å². The van der Waals surface area contributed by atoms with Crippen molar-refractivity contribution in [1.82, 2.24) is 5.32 Å². The number of hydrogen-bond donors (Lipinski definition) is 1. The molecule has 0 radical (unpaired) electrons. The largest absolute Gasteiger partial charge is 0.467 e. The smallest absolute Gasteiger partial charge is 0.416 e. The zero-order chi connectivity index (χ0) is 23.5. The standard InChI is InChI=1S/C22H21F6NO3/c1-31-20(30)19(14-10-15(21(23,24)25)12-16(11-14)22(26,27)28)32-17-8-5-9-29-18(17)13-6-3-2-4-7-13/h2-4,6-7,10-12,17-19,29H,5,8-9H2,1H3/t17?,18?,19-/m0/s1. The predicted molar refractivity (Wildman–Crippen MR) is 102 cm³/mol. The number of ether oxygens (including phenoxy) is 2. The number of carbonyl (C=O) groups is 1. The van der Waals surface area contributed by atoms with Crippen molar-refractivity contribution >= 4 is 5.97 Å². The summed E-state index contributed by atoms with van der Waals surface area (Å²) in [5, 5.41) is 3.23. The molecule has 1 aliphatic heterocycles. The molecule has 1 N–H and O–H groups in total. The lowest BCUT2D eigenvalue weighted by Gasteiger charge is -2.35. The van der Waals surface area contributed by atoms with Gasteiger partial charge in [-0.1, -0.05) is 30.3 Å². The molecular formula is C22H21F6NO3. The summed E-state index contributed by atoms with van der Waals surface area (Å²) < 4.78 is 90.3. The van der Waals surface area contributed by atoms with Crippen molar-refractivity contribution in [2.24, 2.45) is 0 Å². The molecule has 1 fully saturated rings. The number of alkyl halides is 6. The minimum absolute atomic E-state index is 0.00672. The van der Waals surface area contributed by atoms with Crippen LogP contribution in [0.2, 0.25) is 0 Å². The Bertz CT molecular complexity index is 897. The molecule has 174 valence electrons. The molecule has 0 bridgehead atoms. The van der Waals surface area contributed by atoms with Gasteiger partial charge in [0.25, 0.3) is 0 Å². The third-order valence-electron chi connectivity index (χ3n) is 5.20. The van der Waals surface area contributed by atoms with E-state index >= 15 is 0 Å². The Morgan fingerprint density at radius 1 is 1.00 bits per heavy atom. The molecule has 32 heavy (non-hydrogen) atoms. The number of benzene rings is 2. The van der Waals surface area contributed by atoms with Gasteiger partial charge in [0.05, 0.1) is 30.4 Å². The highest BCUT2D eigenvalue weighted by molar-refractivity contribution is 5.76. The van der Waals surface area contributed by atoms with E-state index in [0.29, 0.717) is 31.5 Å². The van der Waals surface area contributed by atoms with Crippen LogP contribution in [0.3, 0.4) is 0 Å². The molecule has 2 aromatic carbocycles. The van der Waals surface area contributed by atoms with Crippen LogP contribution >= 0.6 is 0 Å². The first-order valence-electron chi connectivity index (χ1n) is 9.81. The molecule has 0 aromatic heterocycles. The van der Waals surface area contributed by atoms with Crippen LogP contribution in [-0.2, 0) is 26.6 Å². The maximum absolute atomic E-state index is 13.3. The Hall–Kier alpha value is -2.59. The molecule has 0 aliphatic carbocycles. The SMILES string of the molecule is COC(=O)[C@@H](OC1CCCNC1c1ccccc1)c1cc(C(F)(F)F)cc(C(F)(F)F)c1. The third kappa shape index (κ3) is 5.60. The second-order valence-corrected chi connectivity index (χ2v) is 7.40. The Labute approximate surface area is 180 Å². The Balaban J connectivity index is 2.02. The van der Waals surface area contributed by atoms with E-state index in [-0.39, 0.29) is 6.07 Å².